The van der Waals surface area contributed by atoms with Crippen molar-refractivity contribution in [3.8, 4) is 5.75 Å². The van der Waals surface area contributed by atoms with Crippen molar-refractivity contribution in [1.82, 2.24) is 15.8 Å². The van der Waals surface area contributed by atoms with Crippen molar-refractivity contribution in [2.24, 2.45) is 5.92 Å². The number of anilines is 2. The van der Waals surface area contributed by atoms with Crippen LogP contribution < -0.4 is 20.8 Å². The maximum atomic E-state index is 12.8. The summed E-state index contributed by atoms with van der Waals surface area (Å²) in [5.41, 5.74) is 3.33. The van der Waals surface area contributed by atoms with Crippen molar-refractivity contribution >= 4 is 29.2 Å². The number of imide groups is 1. The van der Waals surface area contributed by atoms with Crippen LogP contribution in [0.25, 0.3) is 0 Å². The number of benzene rings is 2. The predicted molar refractivity (Wildman–Crippen MR) is 116 cm³/mol. The maximum absolute atomic E-state index is 12.8. The summed E-state index contributed by atoms with van der Waals surface area (Å²) in [6.45, 7) is 1.82. The molecule has 1 heterocycles. The molecule has 1 aliphatic heterocycles. The minimum Gasteiger partial charge on any atom is -0.484 e. The van der Waals surface area contributed by atoms with Crippen molar-refractivity contribution in [2.75, 3.05) is 11.9 Å². The van der Waals surface area contributed by atoms with E-state index in [1.165, 1.54) is 0 Å². The van der Waals surface area contributed by atoms with E-state index in [9.17, 15) is 14.4 Å². The predicted octanol–water partition coefficient (Wildman–Crippen LogP) is 3.34. The van der Waals surface area contributed by atoms with Gasteiger partial charge in [-0.1, -0.05) is 25.1 Å². The van der Waals surface area contributed by atoms with Crippen molar-refractivity contribution < 1.29 is 19.1 Å². The molecule has 1 spiro atoms. The number of hydrogen-bond acceptors (Lipinski definition) is 5. The molecule has 2 aromatic carbocycles. The quantitative estimate of drug-likeness (QED) is 0.620. The lowest BCUT2D eigenvalue weighted by molar-refractivity contribution is -0.140. The number of hydrazine groups is 1. The fourth-order valence-corrected chi connectivity index (χ4v) is 3.94. The van der Waals surface area contributed by atoms with E-state index in [4.69, 9.17) is 4.74 Å². The van der Waals surface area contributed by atoms with Gasteiger partial charge < -0.3 is 15.4 Å². The number of nitrogens with one attached hydrogen (secondary N) is 3. The van der Waals surface area contributed by atoms with E-state index < -0.39 is 23.4 Å². The van der Waals surface area contributed by atoms with Crippen LogP contribution in [0.3, 0.4) is 0 Å². The monoisotopic (exact) mass is 422 g/mol. The molecule has 4 rings (SSSR count). The molecule has 0 atom stereocenters. The van der Waals surface area contributed by atoms with Crippen LogP contribution in [0.2, 0.25) is 0 Å². The lowest BCUT2D eigenvalue weighted by Gasteiger charge is -2.33. The Morgan fingerprint density at radius 3 is 2.39 bits per heavy atom. The highest BCUT2D eigenvalue weighted by atomic mass is 16.5. The van der Waals surface area contributed by atoms with Crippen LogP contribution in [0.5, 0.6) is 5.75 Å². The SMILES string of the molecule is CC1CCC2(CC1)NC(=O)N(NC(=O)COc1ccc(Nc3ccccc3)cc1)C2=O. The molecule has 1 saturated carbocycles. The fraction of sp³-hybridized carbons (Fsp3) is 0.348. The van der Waals surface area contributed by atoms with Gasteiger partial charge in [0.25, 0.3) is 11.8 Å². The van der Waals surface area contributed by atoms with E-state index in [0.717, 1.165) is 29.2 Å². The van der Waals surface area contributed by atoms with Crippen molar-refractivity contribution in [3.05, 3.63) is 54.6 Å². The average molecular weight is 422 g/mol. The molecule has 31 heavy (non-hydrogen) atoms. The van der Waals surface area contributed by atoms with Gasteiger partial charge in [-0.25, -0.2) is 4.79 Å². The van der Waals surface area contributed by atoms with E-state index in [2.05, 4.69) is 23.0 Å². The zero-order valence-corrected chi connectivity index (χ0v) is 17.4. The van der Waals surface area contributed by atoms with Crippen molar-refractivity contribution in [3.63, 3.8) is 0 Å². The summed E-state index contributed by atoms with van der Waals surface area (Å²) in [6, 6.07) is 16.3. The van der Waals surface area contributed by atoms with Crippen LogP contribution in [0, 0.1) is 5.92 Å². The molecule has 2 aliphatic rings. The molecular formula is C23H26N4O4. The maximum Gasteiger partial charge on any atom is 0.344 e. The minimum absolute atomic E-state index is 0.313. The van der Waals surface area contributed by atoms with E-state index in [0.29, 0.717) is 24.5 Å². The van der Waals surface area contributed by atoms with Gasteiger partial charge in [0.1, 0.15) is 11.3 Å². The Balaban J connectivity index is 1.28. The number of hydrogen-bond donors (Lipinski definition) is 3. The second-order valence-corrected chi connectivity index (χ2v) is 8.17. The molecule has 1 aliphatic carbocycles. The van der Waals surface area contributed by atoms with E-state index in [-0.39, 0.29) is 6.61 Å². The number of rotatable bonds is 6. The van der Waals surface area contributed by atoms with Crippen LogP contribution >= 0.6 is 0 Å². The van der Waals surface area contributed by atoms with E-state index in [1.54, 1.807) is 12.1 Å². The van der Waals surface area contributed by atoms with Gasteiger partial charge in [-0.05, 0) is 68.0 Å². The molecule has 4 amide bonds. The molecule has 8 nitrogen and oxygen atoms in total. The number of urea groups is 1. The highest BCUT2D eigenvalue weighted by Gasteiger charge is 2.52. The molecular weight excluding hydrogens is 396 g/mol. The molecule has 162 valence electrons. The van der Waals surface area contributed by atoms with Crippen molar-refractivity contribution in [1.29, 1.82) is 0 Å². The second kappa shape index (κ2) is 8.67. The molecule has 3 N–H and O–H groups in total. The topological polar surface area (TPSA) is 99.8 Å². The first kappa shape index (κ1) is 20.7. The summed E-state index contributed by atoms with van der Waals surface area (Å²) in [7, 11) is 0. The van der Waals surface area contributed by atoms with Crippen LogP contribution in [-0.2, 0) is 9.59 Å². The molecule has 8 heteroatoms. The summed E-state index contributed by atoms with van der Waals surface area (Å²) in [5, 5.41) is 6.82. The van der Waals surface area contributed by atoms with Gasteiger partial charge in [-0.2, -0.15) is 5.01 Å². The van der Waals surface area contributed by atoms with Crippen LogP contribution in [0.4, 0.5) is 16.2 Å². The first-order valence-corrected chi connectivity index (χ1v) is 10.5. The third-order valence-corrected chi connectivity index (χ3v) is 5.81. The molecule has 0 unspecified atom stereocenters. The summed E-state index contributed by atoms with van der Waals surface area (Å²) in [6.07, 6.45) is 2.91. The number of ether oxygens (including phenoxy) is 1. The zero-order chi connectivity index (χ0) is 21.8. The number of carbonyl (C=O) groups is 3. The molecule has 0 aromatic heterocycles. The van der Waals surface area contributed by atoms with Gasteiger partial charge in [0.15, 0.2) is 6.61 Å². The number of carbonyl (C=O) groups excluding carboxylic acids is 3. The Labute approximate surface area is 180 Å². The van der Waals surface area contributed by atoms with Gasteiger partial charge >= 0.3 is 6.03 Å². The standard InChI is InChI=1S/C23H26N4O4/c1-16-11-13-23(14-12-16)21(29)27(22(30)25-23)26-20(28)15-31-19-9-7-18(8-10-19)24-17-5-3-2-4-6-17/h2-10,16,24H,11-15H2,1H3,(H,25,30)(H,26,28). The van der Waals surface area contributed by atoms with Gasteiger partial charge in [-0.3, -0.25) is 15.0 Å². The van der Waals surface area contributed by atoms with Crippen LogP contribution in [0.1, 0.15) is 32.6 Å². The van der Waals surface area contributed by atoms with E-state index in [1.807, 2.05) is 42.5 Å². The van der Waals surface area contributed by atoms with Gasteiger partial charge in [-0.15, -0.1) is 0 Å². The Morgan fingerprint density at radius 2 is 1.71 bits per heavy atom. The first-order valence-electron chi connectivity index (χ1n) is 10.5. The first-order chi connectivity index (χ1) is 14.9. The largest absolute Gasteiger partial charge is 0.484 e. The third-order valence-electron chi connectivity index (χ3n) is 5.81. The molecule has 0 bridgehead atoms. The second-order valence-electron chi connectivity index (χ2n) is 8.17. The minimum atomic E-state index is -0.890. The lowest BCUT2D eigenvalue weighted by Crippen LogP contribution is -2.52. The summed E-state index contributed by atoms with van der Waals surface area (Å²) < 4.78 is 5.50. The van der Waals surface area contributed by atoms with E-state index >= 15 is 0 Å². The lowest BCUT2D eigenvalue weighted by atomic mass is 9.77. The zero-order valence-electron chi connectivity index (χ0n) is 17.4. The number of amides is 4. The van der Waals surface area contributed by atoms with Crippen LogP contribution in [0.15, 0.2) is 54.6 Å². The van der Waals surface area contributed by atoms with Gasteiger partial charge in [0.2, 0.25) is 0 Å². The fourth-order valence-electron chi connectivity index (χ4n) is 3.94. The van der Waals surface area contributed by atoms with Gasteiger partial charge in [0.05, 0.1) is 0 Å². The van der Waals surface area contributed by atoms with Crippen LogP contribution in [-0.4, -0.2) is 35.0 Å². The Kier molecular flexibility index (Phi) is 5.79. The highest BCUT2D eigenvalue weighted by Crippen LogP contribution is 2.35. The molecule has 1 saturated heterocycles. The smallest absolute Gasteiger partial charge is 0.344 e. The molecule has 2 fully saturated rings. The molecule has 0 radical (unpaired) electrons. The molecule has 2 aromatic rings. The third kappa shape index (κ3) is 4.63. The Morgan fingerprint density at radius 1 is 1.06 bits per heavy atom. The highest BCUT2D eigenvalue weighted by molar-refractivity contribution is 6.08. The number of nitrogens with zero attached hydrogens (tertiary/aromatic N) is 1. The van der Waals surface area contributed by atoms with Crippen molar-refractivity contribution in [2.45, 2.75) is 38.1 Å². The Hall–Kier alpha value is -3.55. The summed E-state index contributed by atoms with van der Waals surface area (Å²) >= 11 is 0. The average Bonchev–Trinajstić information content (AvgIpc) is 3.00. The summed E-state index contributed by atoms with van der Waals surface area (Å²) in [4.78, 5) is 37.3. The summed E-state index contributed by atoms with van der Waals surface area (Å²) in [5.74, 6) is 0.0654. The number of para-hydroxylation sites is 1. The normalized spacial score (nSPS) is 22.9. The van der Waals surface area contributed by atoms with Gasteiger partial charge in [0, 0.05) is 11.4 Å². The Bertz CT molecular complexity index is 953.